The Balaban J connectivity index is 1.39. The van der Waals surface area contributed by atoms with Crippen LogP contribution in [0.5, 0.6) is 0 Å². The number of aromatic nitrogens is 1. The first-order valence-electron chi connectivity index (χ1n) is 8.20. The molecule has 2 saturated heterocycles. The maximum absolute atomic E-state index is 12.2. The molecule has 5 nitrogen and oxygen atoms in total. The van der Waals surface area contributed by atoms with Crippen molar-refractivity contribution in [2.75, 3.05) is 32.7 Å². The minimum absolute atomic E-state index is 0.0988. The first kappa shape index (κ1) is 14.4. The van der Waals surface area contributed by atoms with Crippen LogP contribution >= 0.6 is 0 Å². The zero-order valence-corrected chi connectivity index (χ0v) is 12.7. The lowest BCUT2D eigenvalue weighted by Gasteiger charge is -2.32. The van der Waals surface area contributed by atoms with Gasteiger partial charge in [0, 0.05) is 44.6 Å². The van der Waals surface area contributed by atoms with E-state index in [-0.39, 0.29) is 6.03 Å². The van der Waals surface area contributed by atoms with Crippen LogP contribution in [0.1, 0.15) is 25.7 Å². The Labute approximate surface area is 126 Å². The van der Waals surface area contributed by atoms with Crippen LogP contribution in [0.3, 0.4) is 0 Å². The van der Waals surface area contributed by atoms with Gasteiger partial charge in [-0.15, -0.1) is 0 Å². The molecule has 0 bridgehead atoms. The normalized spacial score (nSPS) is 23.4. The number of nitrogens with one attached hydrogen (secondary N) is 1. The third-order valence-corrected chi connectivity index (χ3v) is 4.67. The molecule has 0 unspecified atom stereocenters. The van der Waals surface area contributed by atoms with Gasteiger partial charge in [-0.05, 0) is 44.5 Å². The van der Waals surface area contributed by atoms with Crippen LogP contribution in [0.4, 0.5) is 4.79 Å². The molecule has 0 aliphatic carbocycles. The molecular weight excluding hydrogens is 264 g/mol. The summed E-state index contributed by atoms with van der Waals surface area (Å²) in [6.07, 6.45) is 9.18. The van der Waals surface area contributed by atoms with Crippen molar-refractivity contribution in [3.05, 3.63) is 24.5 Å². The van der Waals surface area contributed by atoms with Gasteiger partial charge in [0.05, 0.1) is 0 Å². The molecule has 3 rings (SSSR count). The summed E-state index contributed by atoms with van der Waals surface area (Å²) in [6, 6.07) is 4.69. The van der Waals surface area contributed by atoms with E-state index in [2.05, 4.69) is 14.8 Å². The second-order valence-electron chi connectivity index (χ2n) is 6.14. The first-order valence-corrected chi connectivity index (χ1v) is 8.20. The fourth-order valence-corrected chi connectivity index (χ4v) is 3.43. The Morgan fingerprint density at radius 1 is 1.10 bits per heavy atom. The standard InChI is InChI=1S/C16H26N4O/c21-16(17-7-13-18-8-4-5-9-18)20-12-6-15(14-20)19-10-2-1-3-11-19/h4-5,8-9,15H,1-3,6-7,10-14H2,(H,17,21)/t15-/m0/s1. The number of urea groups is 1. The third-order valence-electron chi connectivity index (χ3n) is 4.67. The van der Waals surface area contributed by atoms with E-state index >= 15 is 0 Å². The van der Waals surface area contributed by atoms with Gasteiger partial charge in [-0.2, -0.15) is 0 Å². The predicted molar refractivity (Wildman–Crippen MR) is 83.2 cm³/mol. The number of likely N-dealkylation sites (tertiary alicyclic amines) is 2. The van der Waals surface area contributed by atoms with E-state index in [1.807, 2.05) is 29.4 Å². The molecule has 2 aliphatic rings. The third kappa shape index (κ3) is 3.79. The average Bonchev–Trinajstić information content (AvgIpc) is 3.20. The molecule has 116 valence electrons. The van der Waals surface area contributed by atoms with Crippen LogP contribution < -0.4 is 5.32 Å². The van der Waals surface area contributed by atoms with Crippen molar-refractivity contribution in [3.63, 3.8) is 0 Å². The highest BCUT2D eigenvalue weighted by Crippen LogP contribution is 2.20. The van der Waals surface area contributed by atoms with E-state index in [9.17, 15) is 4.79 Å². The lowest BCUT2D eigenvalue weighted by Crippen LogP contribution is -2.44. The van der Waals surface area contributed by atoms with Gasteiger partial charge in [0.15, 0.2) is 0 Å². The molecule has 0 radical (unpaired) electrons. The molecule has 21 heavy (non-hydrogen) atoms. The van der Waals surface area contributed by atoms with E-state index < -0.39 is 0 Å². The number of nitrogens with zero attached hydrogens (tertiary/aromatic N) is 3. The Hall–Kier alpha value is -1.49. The lowest BCUT2D eigenvalue weighted by atomic mass is 10.1. The summed E-state index contributed by atoms with van der Waals surface area (Å²) < 4.78 is 2.08. The molecule has 2 fully saturated rings. The van der Waals surface area contributed by atoms with Gasteiger partial charge in [-0.3, -0.25) is 4.90 Å². The number of rotatable bonds is 4. The van der Waals surface area contributed by atoms with Crippen LogP contribution in [-0.4, -0.2) is 59.2 Å². The molecule has 3 heterocycles. The number of hydrogen-bond acceptors (Lipinski definition) is 2. The predicted octanol–water partition coefficient (Wildman–Crippen LogP) is 1.76. The minimum Gasteiger partial charge on any atom is -0.353 e. The van der Waals surface area contributed by atoms with Crippen LogP contribution in [0.2, 0.25) is 0 Å². The van der Waals surface area contributed by atoms with Crippen molar-refractivity contribution >= 4 is 6.03 Å². The highest BCUT2D eigenvalue weighted by atomic mass is 16.2. The Bertz CT molecular complexity index is 439. The molecule has 2 aliphatic heterocycles. The van der Waals surface area contributed by atoms with Crippen molar-refractivity contribution in [1.82, 2.24) is 19.7 Å². The maximum Gasteiger partial charge on any atom is 0.317 e. The Morgan fingerprint density at radius 3 is 2.62 bits per heavy atom. The van der Waals surface area contributed by atoms with Gasteiger partial charge in [0.1, 0.15) is 0 Å². The van der Waals surface area contributed by atoms with Gasteiger partial charge in [-0.1, -0.05) is 6.42 Å². The van der Waals surface area contributed by atoms with Crippen LogP contribution in [0.25, 0.3) is 0 Å². The second-order valence-corrected chi connectivity index (χ2v) is 6.14. The zero-order chi connectivity index (χ0) is 14.5. The topological polar surface area (TPSA) is 40.5 Å². The van der Waals surface area contributed by atoms with E-state index in [0.29, 0.717) is 12.6 Å². The number of hydrogen-bond donors (Lipinski definition) is 1. The minimum atomic E-state index is 0.0988. The molecule has 2 amide bonds. The van der Waals surface area contributed by atoms with Crippen LogP contribution in [0.15, 0.2) is 24.5 Å². The molecule has 5 heteroatoms. The summed E-state index contributed by atoms with van der Waals surface area (Å²) in [7, 11) is 0. The van der Waals surface area contributed by atoms with Crippen LogP contribution in [0, 0.1) is 0 Å². The van der Waals surface area contributed by atoms with E-state index in [1.165, 1.54) is 32.4 Å². The maximum atomic E-state index is 12.2. The van der Waals surface area contributed by atoms with Crippen molar-refractivity contribution in [1.29, 1.82) is 0 Å². The Kier molecular flexibility index (Phi) is 4.80. The van der Waals surface area contributed by atoms with Gasteiger partial charge in [0.2, 0.25) is 0 Å². The Morgan fingerprint density at radius 2 is 1.86 bits per heavy atom. The number of carbonyl (C=O) groups excluding carboxylic acids is 1. The summed E-state index contributed by atoms with van der Waals surface area (Å²) >= 11 is 0. The smallest absolute Gasteiger partial charge is 0.317 e. The molecule has 0 saturated carbocycles. The lowest BCUT2D eigenvalue weighted by molar-refractivity contribution is 0.161. The summed E-state index contributed by atoms with van der Waals surface area (Å²) in [6.45, 7) is 5.76. The highest BCUT2D eigenvalue weighted by molar-refractivity contribution is 5.74. The molecule has 1 N–H and O–H groups in total. The molecule has 1 aromatic heterocycles. The fraction of sp³-hybridized carbons (Fsp3) is 0.688. The zero-order valence-electron chi connectivity index (χ0n) is 12.7. The molecule has 0 aromatic carbocycles. The summed E-state index contributed by atoms with van der Waals surface area (Å²) in [5.74, 6) is 0. The molecular formula is C16H26N4O. The molecule has 1 aromatic rings. The SMILES string of the molecule is O=C(NCCn1cccc1)N1CC[C@H](N2CCCCC2)C1. The van der Waals surface area contributed by atoms with Gasteiger partial charge in [0.25, 0.3) is 0 Å². The number of piperidine rings is 1. The number of carbonyl (C=O) groups is 1. The van der Waals surface area contributed by atoms with Crippen molar-refractivity contribution in [3.8, 4) is 0 Å². The van der Waals surface area contributed by atoms with Gasteiger partial charge < -0.3 is 14.8 Å². The summed E-state index contributed by atoms with van der Waals surface area (Å²) in [5, 5.41) is 3.03. The number of amides is 2. The molecule has 0 spiro atoms. The van der Waals surface area contributed by atoms with Gasteiger partial charge >= 0.3 is 6.03 Å². The average molecular weight is 290 g/mol. The van der Waals surface area contributed by atoms with E-state index in [4.69, 9.17) is 0 Å². The quantitative estimate of drug-likeness (QED) is 0.918. The highest BCUT2D eigenvalue weighted by Gasteiger charge is 2.30. The van der Waals surface area contributed by atoms with E-state index in [0.717, 1.165) is 26.1 Å². The molecule has 1 atom stereocenters. The van der Waals surface area contributed by atoms with Gasteiger partial charge in [-0.25, -0.2) is 4.79 Å². The van der Waals surface area contributed by atoms with E-state index in [1.54, 1.807) is 0 Å². The summed E-state index contributed by atoms with van der Waals surface area (Å²) in [5.41, 5.74) is 0. The first-order chi connectivity index (χ1) is 10.3. The fourth-order valence-electron chi connectivity index (χ4n) is 3.43. The largest absolute Gasteiger partial charge is 0.353 e. The van der Waals surface area contributed by atoms with Crippen molar-refractivity contribution in [2.24, 2.45) is 0 Å². The van der Waals surface area contributed by atoms with Crippen molar-refractivity contribution in [2.45, 2.75) is 38.3 Å². The summed E-state index contributed by atoms with van der Waals surface area (Å²) in [4.78, 5) is 16.8. The monoisotopic (exact) mass is 290 g/mol. The van der Waals surface area contributed by atoms with Crippen molar-refractivity contribution < 1.29 is 4.79 Å². The van der Waals surface area contributed by atoms with Crippen LogP contribution in [-0.2, 0) is 6.54 Å². The second kappa shape index (κ2) is 6.98.